The maximum Gasteiger partial charge on any atom is 0.170 e. The molecule has 5 heteroatoms. The van der Waals surface area contributed by atoms with Crippen LogP contribution in [0.1, 0.15) is 38.7 Å². The van der Waals surface area contributed by atoms with Crippen LogP contribution in [0.5, 0.6) is 5.75 Å². The van der Waals surface area contributed by atoms with Crippen LogP contribution in [0.2, 0.25) is 0 Å². The molecule has 0 radical (unpaired) electrons. The van der Waals surface area contributed by atoms with E-state index in [1.165, 1.54) is 5.56 Å². The number of carbonyl (C=O) groups excluding carboxylic acids is 2. The van der Waals surface area contributed by atoms with E-state index in [-0.39, 0.29) is 36.0 Å². The number of nitrogens with one attached hydrogen (secondary N) is 1. The number of carbonyl (C=O) groups is 2. The van der Waals surface area contributed by atoms with Gasteiger partial charge in [0.25, 0.3) is 0 Å². The number of hydroxylamine groups is 1. The highest BCUT2D eigenvalue weighted by Crippen LogP contribution is 2.23. The molecule has 1 fully saturated rings. The van der Waals surface area contributed by atoms with E-state index < -0.39 is 0 Å². The first-order chi connectivity index (χ1) is 12.5. The van der Waals surface area contributed by atoms with Gasteiger partial charge in [-0.2, -0.15) is 5.48 Å². The minimum Gasteiger partial charge on any atom is -0.490 e. The van der Waals surface area contributed by atoms with E-state index in [0.29, 0.717) is 13.2 Å². The molecular weight excluding hydrogens is 330 g/mol. The van der Waals surface area contributed by atoms with Gasteiger partial charge < -0.3 is 9.57 Å². The van der Waals surface area contributed by atoms with Crippen LogP contribution in [-0.2, 0) is 14.4 Å². The Kier molecular flexibility index (Phi) is 7.75. The van der Waals surface area contributed by atoms with Gasteiger partial charge in [0.05, 0.1) is 18.2 Å². The van der Waals surface area contributed by atoms with Gasteiger partial charge in [-0.1, -0.05) is 36.3 Å². The van der Waals surface area contributed by atoms with Gasteiger partial charge in [-0.25, -0.2) is 0 Å². The van der Waals surface area contributed by atoms with Gasteiger partial charge in [-0.15, -0.1) is 0 Å². The second-order valence-corrected chi connectivity index (χ2v) is 6.33. The molecule has 1 aromatic carbocycles. The first-order valence-electron chi connectivity index (χ1n) is 9.06. The van der Waals surface area contributed by atoms with Gasteiger partial charge in [0.15, 0.2) is 11.6 Å². The van der Waals surface area contributed by atoms with E-state index in [2.05, 4.69) is 5.48 Å². The fourth-order valence-electron chi connectivity index (χ4n) is 2.67. The van der Waals surface area contributed by atoms with Gasteiger partial charge in [0.2, 0.25) is 0 Å². The number of Topliss-reactive ketones (excluding diaryl/α,β-unsaturated/α-hetero) is 2. The predicted octanol–water partition coefficient (Wildman–Crippen LogP) is 3.48. The van der Waals surface area contributed by atoms with Crippen molar-refractivity contribution in [1.29, 1.82) is 0 Å². The van der Waals surface area contributed by atoms with Crippen molar-refractivity contribution in [2.45, 2.75) is 46.1 Å². The van der Waals surface area contributed by atoms with E-state index in [1.807, 2.05) is 51.1 Å². The summed E-state index contributed by atoms with van der Waals surface area (Å²) in [6.07, 6.45) is 4.79. The van der Waals surface area contributed by atoms with E-state index in [0.717, 1.165) is 17.7 Å². The smallest absolute Gasteiger partial charge is 0.170 e. The van der Waals surface area contributed by atoms with Crippen LogP contribution in [0.15, 0.2) is 47.6 Å². The Bertz CT molecular complexity index is 666. The Hall–Kier alpha value is -2.24. The highest BCUT2D eigenvalue weighted by atomic mass is 16.6. The molecule has 1 N–H and O–H groups in total. The number of ether oxygens (including phenoxy) is 1. The summed E-state index contributed by atoms with van der Waals surface area (Å²) in [5, 5.41) is 0. The second kappa shape index (κ2) is 10.0. The molecule has 140 valence electrons. The van der Waals surface area contributed by atoms with Crippen LogP contribution in [0.3, 0.4) is 0 Å². The highest BCUT2D eigenvalue weighted by molar-refractivity contribution is 6.23. The molecule has 1 atom stereocenters. The molecule has 0 spiro atoms. The Morgan fingerprint density at radius 3 is 2.35 bits per heavy atom. The van der Waals surface area contributed by atoms with Crippen molar-refractivity contribution in [2.75, 3.05) is 13.2 Å². The first-order valence-corrected chi connectivity index (χ1v) is 9.06. The molecule has 26 heavy (non-hydrogen) atoms. The summed E-state index contributed by atoms with van der Waals surface area (Å²) in [7, 11) is 0. The van der Waals surface area contributed by atoms with Crippen LogP contribution < -0.4 is 10.2 Å². The molecule has 0 aromatic heterocycles. The van der Waals surface area contributed by atoms with Crippen molar-refractivity contribution in [3.63, 3.8) is 0 Å². The van der Waals surface area contributed by atoms with E-state index in [4.69, 9.17) is 9.57 Å². The number of hydrogen-bond donors (Lipinski definition) is 1. The second-order valence-electron chi connectivity index (χ2n) is 6.33. The lowest BCUT2D eigenvalue weighted by Crippen LogP contribution is -2.30. The lowest BCUT2D eigenvalue weighted by Gasteiger charge is -2.18. The highest BCUT2D eigenvalue weighted by Gasteiger charge is 2.27. The average Bonchev–Trinajstić information content (AvgIpc) is 2.62. The van der Waals surface area contributed by atoms with Gasteiger partial charge in [0.1, 0.15) is 12.4 Å². The number of rotatable bonds is 8. The molecule has 0 bridgehead atoms. The van der Waals surface area contributed by atoms with Crippen LogP contribution >= 0.6 is 0 Å². The Morgan fingerprint density at radius 2 is 1.77 bits per heavy atom. The molecule has 0 aliphatic heterocycles. The molecule has 1 aliphatic carbocycles. The topological polar surface area (TPSA) is 64.6 Å². The van der Waals surface area contributed by atoms with Gasteiger partial charge >= 0.3 is 0 Å². The summed E-state index contributed by atoms with van der Waals surface area (Å²) >= 11 is 0. The zero-order valence-corrected chi connectivity index (χ0v) is 15.7. The van der Waals surface area contributed by atoms with Crippen LogP contribution in [0, 0.1) is 6.92 Å². The number of aryl methyl sites for hydroxylation is 1. The molecule has 1 aromatic rings. The molecule has 1 unspecified atom stereocenters. The summed E-state index contributed by atoms with van der Waals surface area (Å²) in [4.78, 5) is 29.9. The molecule has 1 saturated carbocycles. The van der Waals surface area contributed by atoms with Gasteiger partial charge in [-0.3, -0.25) is 9.59 Å². The molecule has 5 nitrogen and oxygen atoms in total. The fourth-order valence-corrected chi connectivity index (χ4v) is 2.67. The van der Waals surface area contributed by atoms with Crippen molar-refractivity contribution in [3.8, 4) is 5.75 Å². The lowest BCUT2D eigenvalue weighted by atomic mass is 9.87. The molecule has 0 heterocycles. The number of allylic oxidation sites excluding steroid dienone is 2. The van der Waals surface area contributed by atoms with Crippen molar-refractivity contribution in [2.24, 2.45) is 0 Å². The van der Waals surface area contributed by atoms with E-state index in [9.17, 15) is 9.59 Å². The number of benzene rings is 1. The third kappa shape index (κ3) is 5.93. The third-order valence-electron chi connectivity index (χ3n) is 4.21. The Morgan fingerprint density at radius 1 is 1.12 bits per heavy atom. The normalized spacial score (nSPS) is 15.8. The monoisotopic (exact) mass is 357 g/mol. The Labute approximate surface area is 155 Å². The van der Waals surface area contributed by atoms with E-state index in [1.54, 1.807) is 6.08 Å². The molecule has 0 amide bonds. The fraction of sp³-hybridized carbons (Fsp3) is 0.429. The summed E-state index contributed by atoms with van der Waals surface area (Å²) in [6.45, 7) is 6.73. The van der Waals surface area contributed by atoms with Crippen molar-refractivity contribution in [1.82, 2.24) is 5.48 Å². The minimum atomic E-state index is -0.145. The summed E-state index contributed by atoms with van der Waals surface area (Å²) in [6, 6.07) is 7.62. The van der Waals surface area contributed by atoms with Crippen LogP contribution in [-0.4, -0.2) is 30.8 Å². The third-order valence-corrected chi connectivity index (χ3v) is 4.21. The van der Waals surface area contributed by atoms with Crippen molar-refractivity contribution in [3.05, 3.63) is 53.1 Å². The zero-order chi connectivity index (χ0) is 18.9. The quantitative estimate of drug-likeness (QED) is 0.334. The molecule has 2 rings (SSSR count). The minimum absolute atomic E-state index is 0.139. The van der Waals surface area contributed by atoms with E-state index >= 15 is 0 Å². The summed E-state index contributed by atoms with van der Waals surface area (Å²) in [5.41, 5.74) is 5.12. The number of ketones is 2. The summed E-state index contributed by atoms with van der Waals surface area (Å²) < 4.78 is 5.65. The average molecular weight is 357 g/mol. The maximum atomic E-state index is 12.4. The maximum absolute atomic E-state index is 12.4. The standard InChI is InChI=1S/C21H27NO4/c1-4-17(22-26-5-2)14-19-20(23)12-16(13-21(19)24)10-11-25-18-8-6-15(3)7-9-18/h6-10,14,17,22H,4-5,11-13H2,1-3H3. The molecular formula is C21H27NO4. The Balaban J connectivity index is 1.95. The van der Waals surface area contributed by atoms with Crippen LogP contribution in [0.25, 0.3) is 0 Å². The van der Waals surface area contributed by atoms with Gasteiger partial charge in [-0.05, 0) is 38.5 Å². The zero-order valence-electron chi connectivity index (χ0n) is 15.7. The van der Waals surface area contributed by atoms with Crippen LogP contribution in [0.4, 0.5) is 0 Å². The summed E-state index contributed by atoms with van der Waals surface area (Å²) in [5.74, 6) is 0.494. The van der Waals surface area contributed by atoms with Gasteiger partial charge in [0, 0.05) is 12.8 Å². The first kappa shape index (κ1) is 20.1. The largest absolute Gasteiger partial charge is 0.490 e. The van der Waals surface area contributed by atoms with Crippen molar-refractivity contribution >= 4 is 11.6 Å². The molecule has 0 saturated heterocycles. The molecule has 1 aliphatic rings. The number of hydrogen-bond acceptors (Lipinski definition) is 5. The predicted molar refractivity (Wildman–Crippen MR) is 101 cm³/mol. The van der Waals surface area contributed by atoms with Crippen molar-refractivity contribution < 1.29 is 19.2 Å². The SMILES string of the molecule is CCONC(C=C1C(=O)CC(=CCOc2ccc(C)cc2)CC1=O)CC. The lowest BCUT2D eigenvalue weighted by molar-refractivity contribution is -0.122.